The Balaban J connectivity index is 1.65. The van der Waals surface area contributed by atoms with Crippen molar-refractivity contribution in [1.82, 2.24) is 9.71 Å². The van der Waals surface area contributed by atoms with Crippen LogP contribution in [0, 0.1) is 5.82 Å². The molecule has 1 atom stereocenters. The van der Waals surface area contributed by atoms with Crippen molar-refractivity contribution in [3.05, 3.63) is 103 Å². The Morgan fingerprint density at radius 1 is 0.906 bits per heavy atom. The number of anilines is 1. The lowest BCUT2D eigenvalue weighted by atomic mass is 10.1. The Morgan fingerprint density at radius 3 is 2.38 bits per heavy atom. The van der Waals surface area contributed by atoms with Crippen LogP contribution in [0.3, 0.4) is 0 Å². The number of amides is 1. The van der Waals surface area contributed by atoms with Crippen LogP contribution >= 0.6 is 0 Å². The van der Waals surface area contributed by atoms with Crippen LogP contribution in [-0.2, 0) is 21.2 Å². The van der Waals surface area contributed by atoms with E-state index in [1.807, 2.05) is 30.3 Å². The Kier molecular flexibility index (Phi) is 6.25. The van der Waals surface area contributed by atoms with E-state index in [1.165, 1.54) is 36.5 Å². The Hall–Kier alpha value is -3.62. The number of rotatable bonds is 7. The van der Waals surface area contributed by atoms with Crippen LogP contribution in [0.5, 0.6) is 0 Å². The fraction of sp³-hybridized carbons (Fsp3) is 0.0833. The third kappa shape index (κ3) is 4.99. The first-order valence-corrected chi connectivity index (χ1v) is 11.4. The first-order valence-electron chi connectivity index (χ1n) is 9.89. The third-order valence-corrected chi connectivity index (χ3v) is 6.40. The number of hydrogen-bond donors (Lipinski definition) is 2. The van der Waals surface area contributed by atoms with Crippen LogP contribution in [0.2, 0.25) is 0 Å². The van der Waals surface area contributed by atoms with E-state index >= 15 is 0 Å². The summed E-state index contributed by atoms with van der Waals surface area (Å²) in [5.41, 5.74) is 1.46. The SMILES string of the molecule is O=C(Nc1ccc(F)cc1)[C@H](Cc1ccccc1)NS(=O)(=O)c1cccc2cccnc12. The molecule has 1 aromatic heterocycles. The molecule has 3 aromatic carbocycles. The number of nitrogens with zero attached hydrogens (tertiary/aromatic N) is 1. The summed E-state index contributed by atoms with van der Waals surface area (Å²) in [4.78, 5) is 17.2. The van der Waals surface area contributed by atoms with E-state index < -0.39 is 27.8 Å². The van der Waals surface area contributed by atoms with E-state index in [-0.39, 0.29) is 11.3 Å². The van der Waals surface area contributed by atoms with Crippen LogP contribution in [-0.4, -0.2) is 25.4 Å². The van der Waals surface area contributed by atoms with Gasteiger partial charge in [0, 0.05) is 17.3 Å². The van der Waals surface area contributed by atoms with Crippen molar-refractivity contribution >= 4 is 32.5 Å². The number of carbonyl (C=O) groups excluding carboxylic acids is 1. The van der Waals surface area contributed by atoms with Crippen molar-refractivity contribution in [1.29, 1.82) is 0 Å². The van der Waals surface area contributed by atoms with Crippen LogP contribution in [0.25, 0.3) is 10.9 Å². The second kappa shape index (κ2) is 9.25. The smallest absolute Gasteiger partial charge is 0.243 e. The average molecular weight is 450 g/mol. The minimum atomic E-state index is -4.08. The van der Waals surface area contributed by atoms with Gasteiger partial charge < -0.3 is 5.32 Å². The molecular weight excluding hydrogens is 429 g/mol. The molecule has 4 aromatic rings. The summed E-state index contributed by atoms with van der Waals surface area (Å²) in [7, 11) is -4.08. The van der Waals surface area contributed by atoms with Crippen molar-refractivity contribution < 1.29 is 17.6 Å². The largest absolute Gasteiger partial charge is 0.325 e. The predicted molar refractivity (Wildman–Crippen MR) is 121 cm³/mol. The van der Waals surface area contributed by atoms with Gasteiger partial charge in [0.25, 0.3) is 0 Å². The van der Waals surface area contributed by atoms with Gasteiger partial charge in [-0.05, 0) is 48.4 Å². The zero-order valence-electron chi connectivity index (χ0n) is 16.9. The van der Waals surface area contributed by atoms with E-state index in [9.17, 15) is 17.6 Å². The number of pyridine rings is 1. The number of sulfonamides is 1. The molecule has 0 aliphatic rings. The lowest BCUT2D eigenvalue weighted by Gasteiger charge is -2.19. The van der Waals surface area contributed by atoms with E-state index in [4.69, 9.17) is 0 Å². The van der Waals surface area contributed by atoms with Crippen molar-refractivity contribution in [2.24, 2.45) is 0 Å². The highest BCUT2D eigenvalue weighted by molar-refractivity contribution is 7.89. The first kappa shape index (κ1) is 21.6. The minimum Gasteiger partial charge on any atom is -0.325 e. The first-order chi connectivity index (χ1) is 15.4. The molecule has 0 bridgehead atoms. The van der Waals surface area contributed by atoms with Crippen LogP contribution in [0.15, 0.2) is 96.0 Å². The molecule has 0 aliphatic heterocycles. The van der Waals surface area contributed by atoms with Gasteiger partial charge in [-0.25, -0.2) is 12.8 Å². The Morgan fingerprint density at radius 2 is 1.62 bits per heavy atom. The summed E-state index contributed by atoms with van der Waals surface area (Å²) < 4.78 is 42.3. The van der Waals surface area contributed by atoms with Crippen LogP contribution in [0.4, 0.5) is 10.1 Å². The monoisotopic (exact) mass is 449 g/mol. The molecule has 2 N–H and O–H groups in total. The molecule has 0 saturated heterocycles. The summed E-state index contributed by atoms with van der Waals surface area (Å²) >= 11 is 0. The number of fused-ring (bicyclic) bond motifs is 1. The van der Waals surface area contributed by atoms with Gasteiger partial charge in [0.1, 0.15) is 16.8 Å². The molecule has 4 rings (SSSR count). The van der Waals surface area contributed by atoms with Gasteiger partial charge >= 0.3 is 0 Å². The second-order valence-corrected chi connectivity index (χ2v) is 8.87. The van der Waals surface area contributed by atoms with Gasteiger partial charge in [-0.2, -0.15) is 4.72 Å². The summed E-state index contributed by atoms with van der Waals surface area (Å²) in [5.74, 6) is -0.995. The summed E-state index contributed by atoms with van der Waals surface area (Å²) in [6.45, 7) is 0. The fourth-order valence-electron chi connectivity index (χ4n) is 3.34. The van der Waals surface area contributed by atoms with Gasteiger partial charge in [0.2, 0.25) is 15.9 Å². The Bertz CT molecular complexity index is 1340. The third-order valence-electron chi connectivity index (χ3n) is 4.89. The second-order valence-electron chi connectivity index (χ2n) is 7.19. The molecule has 162 valence electrons. The van der Waals surface area contributed by atoms with Gasteiger partial charge in [0.05, 0.1) is 5.52 Å². The van der Waals surface area contributed by atoms with Crippen LogP contribution in [0.1, 0.15) is 5.56 Å². The summed E-state index contributed by atoms with van der Waals surface area (Å²) in [5, 5.41) is 3.32. The number of carbonyl (C=O) groups is 1. The molecule has 8 heteroatoms. The number of aromatic nitrogens is 1. The topological polar surface area (TPSA) is 88.2 Å². The molecule has 0 saturated carbocycles. The molecule has 32 heavy (non-hydrogen) atoms. The molecular formula is C24H20FN3O3S. The summed E-state index contributed by atoms with van der Waals surface area (Å²) in [6.07, 6.45) is 1.65. The highest BCUT2D eigenvalue weighted by Crippen LogP contribution is 2.21. The maximum atomic E-state index is 13.3. The van der Waals surface area contributed by atoms with E-state index in [0.29, 0.717) is 16.6 Å². The van der Waals surface area contributed by atoms with E-state index in [1.54, 1.807) is 24.3 Å². The lowest BCUT2D eigenvalue weighted by molar-refractivity contribution is -0.117. The van der Waals surface area contributed by atoms with Crippen molar-refractivity contribution in [3.63, 3.8) is 0 Å². The molecule has 6 nitrogen and oxygen atoms in total. The van der Waals surface area contributed by atoms with Gasteiger partial charge in [0.15, 0.2) is 0 Å². The summed E-state index contributed by atoms with van der Waals surface area (Å²) in [6, 6.07) is 21.6. The van der Waals surface area contributed by atoms with E-state index in [2.05, 4.69) is 15.0 Å². The normalized spacial score (nSPS) is 12.4. The number of hydrogen-bond acceptors (Lipinski definition) is 4. The molecule has 0 radical (unpaired) electrons. The average Bonchev–Trinajstić information content (AvgIpc) is 2.80. The number of halogens is 1. The number of benzene rings is 3. The number of nitrogens with one attached hydrogen (secondary N) is 2. The van der Waals surface area contributed by atoms with Gasteiger partial charge in [-0.3, -0.25) is 9.78 Å². The molecule has 0 unspecified atom stereocenters. The van der Waals surface area contributed by atoms with Crippen molar-refractivity contribution in [2.45, 2.75) is 17.4 Å². The standard InChI is InChI=1S/C24H20FN3O3S/c25-19-11-13-20(14-12-19)27-24(29)21(16-17-6-2-1-3-7-17)28-32(30,31)22-10-4-8-18-9-5-15-26-23(18)22/h1-15,21,28H,16H2,(H,27,29)/t21-/m0/s1. The Labute approximate surface area is 185 Å². The number of para-hydroxylation sites is 1. The van der Waals surface area contributed by atoms with Crippen molar-refractivity contribution in [3.8, 4) is 0 Å². The molecule has 1 amide bonds. The molecule has 0 spiro atoms. The fourth-order valence-corrected chi connectivity index (χ4v) is 4.72. The highest BCUT2D eigenvalue weighted by Gasteiger charge is 2.27. The minimum absolute atomic E-state index is 0.0109. The maximum Gasteiger partial charge on any atom is 0.243 e. The quantitative estimate of drug-likeness (QED) is 0.448. The maximum absolute atomic E-state index is 13.3. The highest BCUT2D eigenvalue weighted by atomic mass is 32.2. The van der Waals surface area contributed by atoms with Gasteiger partial charge in [-0.15, -0.1) is 0 Å². The zero-order valence-corrected chi connectivity index (χ0v) is 17.7. The zero-order chi connectivity index (χ0) is 22.6. The molecule has 1 heterocycles. The molecule has 0 fully saturated rings. The predicted octanol–water partition coefficient (Wildman–Crippen LogP) is 3.90. The van der Waals surface area contributed by atoms with Gasteiger partial charge in [-0.1, -0.05) is 48.5 Å². The molecule has 0 aliphatic carbocycles. The lowest BCUT2D eigenvalue weighted by Crippen LogP contribution is -2.45. The van der Waals surface area contributed by atoms with E-state index in [0.717, 1.165) is 5.56 Å². The van der Waals surface area contributed by atoms with Crippen LogP contribution < -0.4 is 10.0 Å². The van der Waals surface area contributed by atoms with Crippen molar-refractivity contribution in [2.75, 3.05) is 5.32 Å².